The highest BCUT2D eigenvalue weighted by molar-refractivity contribution is 7.99. The van der Waals surface area contributed by atoms with Gasteiger partial charge in [0.15, 0.2) is 0 Å². The maximum absolute atomic E-state index is 9.51. The van der Waals surface area contributed by atoms with E-state index in [9.17, 15) is 5.11 Å². The zero-order valence-corrected chi connectivity index (χ0v) is 12.3. The number of rotatable bonds is 9. The minimum atomic E-state index is -0.0965. The molecule has 106 valence electrons. The minimum Gasteiger partial charge on any atom is -0.394 e. The van der Waals surface area contributed by atoms with E-state index in [1.165, 1.54) is 12.8 Å². The van der Waals surface area contributed by atoms with Gasteiger partial charge in [0.25, 0.3) is 0 Å². The molecule has 5 heteroatoms. The van der Waals surface area contributed by atoms with Gasteiger partial charge in [-0.1, -0.05) is 6.42 Å². The summed E-state index contributed by atoms with van der Waals surface area (Å²) < 4.78 is 0. The first-order valence-corrected chi connectivity index (χ1v) is 7.98. The fraction of sp³-hybridized carbons (Fsp3) is 0.714. The van der Waals surface area contributed by atoms with E-state index in [-0.39, 0.29) is 12.1 Å². The van der Waals surface area contributed by atoms with E-state index >= 15 is 0 Å². The first kappa shape index (κ1) is 14.8. The molecule has 0 bridgehead atoms. The molecule has 2 rings (SSSR count). The molecule has 0 aromatic carbocycles. The summed E-state index contributed by atoms with van der Waals surface area (Å²) >= 11 is 1.77. The number of aliphatic hydroxyl groups is 1. The van der Waals surface area contributed by atoms with E-state index in [1.54, 1.807) is 24.3 Å². The van der Waals surface area contributed by atoms with Crippen LogP contribution in [0.15, 0.2) is 23.6 Å². The third-order valence-corrected chi connectivity index (χ3v) is 4.44. The van der Waals surface area contributed by atoms with Crippen molar-refractivity contribution in [1.29, 1.82) is 0 Å². The predicted molar refractivity (Wildman–Crippen MR) is 78.3 cm³/mol. The average Bonchev–Trinajstić information content (AvgIpc) is 3.23. The molecule has 19 heavy (non-hydrogen) atoms. The Balaban J connectivity index is 1.60. The third-order valence-electron chi connectivity index (χ3n) is 3.41. The molecule has 0 saturated heterocycles. The summed E-state index contributed by atoms with van der Waals surface area (Å²) in [6.45, 7) is 2.35. The lowest BCUT2D eigenvalue weighted by atomic mass is 9.96. The highest BCUT2D eigenvalue weighted by Gasteiger charge is 2.31. The molecule has 0 aliphatic heterocycles. The lowest BCUT2D eigenvalue weighted by molar-refractivity contribution is 0.161. The highest BCUT2D eigenvalue weighted by Crippen LogP contribution is 2.25. The Labute approximate surface area is 119 Å². The van der Waals surface area contributed by atoms with Crippen LogP contribution in [0.1, 0.15) is 39.0 Å². The summed E-state index contributed by atoms with van der Waals surface area (Å²) in [5.41, 5.74) is -0.0965. The molecular weight excluding hydrogens is 258 g/mol. The number of aliphatic hydroxyl groups excluding tert-OH is 1. The van der Waals surface area contributed by atoms with Gasteiger partial charge in [0.2, 0.25) is 0 Å². The van der Waals surface area contributed by atoms with Gasteiger partial charge in [-0.2, -0.15) is 0 Å². The zero-order chi connectivity index (χ0) is 13.6. The van der Waals surface area contributed by atoms with Crippen LogP contribution in [-0.2, 0) is 0 Å². The minimum absolute atomic E-state index is 0.0965. The van der Waals surface area contributed by atoms with Crippen LogP contribution in [0.3, 0.4) is 0 Å². The Morgan fingerprint density at radius 2 is 2.32 bits per heavy atom. The van der Waals surface area contributed by atoms with Crippen LogP contribution in [0.25, 0.3) is 0 Å². The van der Waals surface area contributed by atoms with Gasteiger partial charge in [-0.3, -0.25) is 0 Å². The molecule has 4 nitrogen and oxygen atoms in total. The second-order valence-corrected chi connectivity index (χ2v) is 6.61. The average molecular weight is 281 g/mol. The third kappa shape index (κ3) is 5.47. The van der Waals surface area contributed by atoms with Gasteiger partial charge in [0.1, 0.15) is 6.33 Å². The Bertz CT molecular complexity index is 372. The number of hydrogen-bond acceptors (Lipinski definition) is 5. The SMILES string of the molecule is CC(CO)(CCCCSc1ccncn1)NC1CC1. The number of hydrogen-bond donors (Lipinski definition) is 2. The molecule has 1 atom stereocenters. The maximum atomic E-state index is 9.51. The van der Waals surface area contributed by atoms with Crippen LogP contribution < -0.4 is 5.32 Å². The molecule has 1 fully saturated rings. The van der Waals surface area contributed by atoms with Crippen molar-refractivity contribution >= 4 is 11.8 Å². The monoisotopic (exact) mass is 281 g/mol. The number of nitrogens with zero attached hydrogens (tertiary/aromatic N) is 2. The van der Waals surface area contributed by atoms with E-state index in [1.807, 2.05) is 6.07 Å². The van der Waals surface area contributed by atoms with Crippen molar-refractivity contribution in [3.63, 3.8) is 0 Å². The predicted octanol–water partition coefficient (Wildman–Crippen LogP) is 2.24. The highest BCUT2D eigenvalue weighted by atomic mass is 32.2. The molecule has 1 aromatic rings. The Hall–Kier alpha value is -0.650. The van der Waals surface area contributed by atoms with Crippen LogP contribution in [0, 0.1) is 0 Å². The lowest BCUT2D eigenvalue weighted by Gasteiger charge is -2.29. The van der Waals surface area contributed by atoms with Crippen molar-refractivity contribution in [2.75, 3.05) is 12.4 Å². The van der Waals surface area contributed by atoms with E-state index in [2.05, 4.69) is 22.2 Å². The van der Waals surface area contributed by atoms with Gasteiger partial charge in [-0.05, 0) is 44.4 Å². The summed E-state index contributed by atoms with van der Waals surface area (Å²) in [5, 5.41) is 14.1. The van der Waals surface area contributed by atoms with E-state index in [4.69, 9.17) is 0 Å². The van der Waals surface area contributed by atoms with Crippen molar-refractivity contribution in [2.45, 2.75) is 55.6 Å². The lowest BCUT2D eigenvalue weighted by Crippen LogP contribution is -2.46. The van der Waals surface area contributed by atoms with Crippen LogP contribution in [0.4, 0.5) is 0 Å². The molecule has 1 aliphatic rings. The van der Waals surface area contributed by atoms with Gasteiger partial charge in [-0.15, -0.1) is 11.8 Å². The summed E-state index contributed by atoms with van der Waals surface area (Å²) in [6, 6.07) is 2.59. The largest absolute Gasteiger partial charge is 0.394 e. The Morgan fingerprint density at radius 1 is 1.47 bits per heavy atom. The normalized spacial score (nSPS) is 18.2. The van der Waals surface area contributed by atoms with Crippen molar-refractivity contribution in [2.24, 2.45) is 0 Å². The number of nitrogens with one attached hydrogen (secondary N) is 1. The maximum Gasteiger partial charge on any atom is 0.116 e. The molecule has 1 saturated carbocycles. The molecule has 1 unspecified atom stereocenters. The molecule has 2 N–H and O–H groups in total. The molecule has 0 spiro atoms. The van der Waals surface area contributed by atoms with Crippen LogP contribution >= 0.6 is 11.8 Å². The van der Waals surface area contributed by atoms with Gasteiger partial charge in [0, 0.05) is 17.8 Å². The summed E-state index contributed by atoms with van der Waals surface area (Å²) in [5.74, 6) is 1.07. The number of unbranched alkanes of at least 4 members (excludes halogenated alkanes) is 1. The van der Waals surface area contributed by atoms with Crippen LogP contribution in [0.5, 0.6) is 0 Å². The smallest absolute Gasteiger partial charge is 0.116 e. The quantitative estimate of drug-likeness (QED) is 0.413. The van der Waals surface area contributed by atoms with Crippen molar-refractivity contribution in [1.82, 2.24) is 15.3 Å². The van der Waals surface area contributed by atoms with E-state index in [0.717, 1.165) is 30.0 Å². The first-order valence-electron chi connectivity index (χ1n) is 6.99. The molecule has 0 radical (unpaired) electrons. The molecule has 1 heterocycles. The van der Waals surface area contributed by atoms with Crippen LogP contribution in [0.2, 0.25) is 0 Å². The van der Waals surface area contributed by atoms with Crippen LogP contribution in [-0.4, -0.2) is 39.0 Å². The van der Waals surface area contributed by atoms with Gasteiger partial charge in [0.05, 0.1) is 11.6 Å². The first-order chi connectivity index (χ1) is 9.22. The second kappa shape index (κ2) is 7.22. The Kier molecular flexibility index (Phi) is 5.60. The van der Waals surface area contributed by atoms with Crippen molar-refractivity contribution in [3.8, 4) is 0 Å². The van der Waals surface area contributed by atoms with E-state index in [0.29, 0.717) is 6.04 Å². The summed E-state index contributed by atoms with van der Waals surface area (Å²) in [4.78, 5) is 8.09. The standard InChI is InChI=1S/C14H23N3OS/c1-14(10-18,17-12-4-5-12)7-2-3-9-19-13-6-8-15-11-16-13/h6,8,11-12,17-18H,2-5,7,9-10H2,1H3. The molecule has 1 aliphatic carbocycles. The zero-order valence-electron chi connectivity index (χ0n) is 11.5. The molecular formula is C14H23N3OS. The fourth-order valence-corrected chi connectivity index (χ4v) is 2.91. The summed E-state index contributed by atoms with van der Waals surface area (Å²) in [6.07, 6.45) is 9.20. The number of thioether (sulfide) groups is 1. The van der Waals surface area contributed by atoms with Crippen molar-refractivity contribution in [3.05, 3.63) is 18.6 Å². The second-order valence-electron chi connectivity index (χ2n) is 5.49. The van der Waals surface area contributed by atoms with Crippen molar-refractivity contribution < 1.29 is 5.11 Å². The van der Waals surface area contributed by atoms with Gasteiger partial charge in [-0.25, -0.2) is 9.97 Å². The fourth-order valence-electron chi connectivity index (χ4n) is 2.08. The topological polar surface area (TPSA) is 58.0 Å². The molecule has 1 aromatic heterocycles. The molecule has 0 amide bonds. The van der Waals surface area contributed by atoms with E-state index < -0.39 is 0 Å². The Morgan fingerprint density at radius 3 is 2.95 bits per heavy atom. The van der Waals surface area contributed by atoms with Gasteiger partial charge < -0.3 is 10.4 Å². The number of aromatic nitrogens is 2. The summed E-state index contributed by atoms with van der Waals surface area (Å²) in [7, 11) is 0. The van der Waals surface area contributed by atoms with Gasteiger partial charge >= 0.3 is 0 Å².